The molecule has 2 aromatic carbocycles. The predicted molar refractivity (Wildman–Crippen MR) is 172 cm³/mol. The van der Waals surface area contributed by atoms with Crippen molar-refractivity contribution < 1.29 is 38.1 Å². The number of rotatable bonds is 8. The van der Waals surface area contributed by atoms with E-state index in [2.05, 4.69) is 10.6 Å². The third kappa shape index (κ3) is 9.42. The second-order valence-electron chi connectivity index (χ2n) is 13.1. The van der Waals surface area contributed by atoms with Crippen LogP contribution >= 0.6 is 0 Å². The summed E-state index contributed by atoms with van der Waals surface area (Å²) in [6.07, 6.45) is 1.55. The van der Waals surface area contributed by atoms with Crippen molar-refractivity contribution in [2.24, 2.45) is 17.3 Å². The van der Waals surface area contributed by atoms with Gasteiger partial charge in [-0.2, -0.15) is 0 Å². The third-order valence-electron chi connectivity index (χ3n) is 8.35. The number of amides is 2. The van der Waals surface area contributed by atoms with Crippen molar-refractivity contribution in [3.63, 3.8) is 0 Å². The fourth-order valence-electron chi connectivity index (χ4n) is 5.39. The van der Waals surface area contributed by atoms with E-state index in [1.165, 1.54) is 6.08 Å². The van der Waals surface area contributed by atoms with Crippen LogP contribution < -0.4 is 15.4 Å². The summed E-state index contributed by atoms with van der Waals surface area (Å²) in [4.78, 5) is 53.4. The van der Waals surface area contributed by atoms with Crippen LogP contribution in [-0.2, 0) is 39.8 Å². The highest BCUT2D eigenvalue weighted by atomic mass is 16.6. The van der Waals surface area contributed by atoms with Crippen LogP contribution in [0.1, 0.15) is 64.7 Å². The van der Waals surface area contributed by atoms with Gasteiger partial charge in [0.05, 0.1) is 18.6 Å². The largest absolute Gasteiger partial charge is 0.497 e. The quantitative estimate of drug-likeness (QED) is 0.321. The van der Waals surface area contributed by atoms with E-state index in [0.29, 0.717) is 5.75 Å². The molecule has 2 heterocycles. The van der Waals surface area contributed by atoms with Gasteiger partial charge < -0.3 is 29.6 Å². The molecule has 0 saturated carbocycles. The summed E-state index contributed by atoms with van der Waals surface area (Å²) in [6.45, 7) is 9.00. The first-order valence-corrected chi connectivity index (χ1v) is 15.9. The van der Waals surface area contributed by atoms with Crippen LogP contribution in [0, 0.1) is 17.3 Å². The number of hydrogen-bond acceptors (Lipinski definition) is 8. The molecular weight excluding hydrogens is 588 g/mol. The zero-order valence-corrected chi connectivity index (χ0v) is 27.5. The SMILES string of the molecule is COc1ccc(CC2NC(=O)/C=C/C[C@@H]([C@H](C)[C@H]3O[C@@H]3c3ccccc3)OC(=O)[C@H](CC(C)C)OC(=O)C(C)(C)CNC2=O)cc1. The maximum Gasteiger partial charge on any atom is 0.347 e. The first-order chi connectivity index (χ1) is 21.9. The number of methoxy groups -OCH3 is 1. The van der Waals surface area contributed by atoms with Gasteiger partial charge in [-0.1, -0.05) is 69.3 Å². The van der Waals surface area contributed by atoms with Crippen LogP contribution in [0.25, 0.3) is 0 Å². The highest BCUT2D eigenvalue weighted by Crippen LogP contribution is 2.45. The Bertz CT molecular complexity index is 1390. The number of epoxide rings is 1. The Morgan fingerprint density at radius 2 is 1.65 bits per heavy atom. The van der Waals surface area contributed by atoms with Gasteiger partial charge in [0.2, 0.25) is 11.8 Å². The van der Waals surface area contributed by atoms with E-state index in [-0.39, 0.29) is 49.9 Å². The lowest BCUT2D eigenvalue weighted by Crippen LogP contribution is -2.51. The fraction of sp³-hybridized carbons (Fsp3) is 0.500. The van der Waals surface area contributed by atoms with Crippen molar-refractivity contribution in [2.45, 2.75) is 84.3 Å². The minimum absolute atomic E-state index is 0.0335. The number of carbonyl (C=O) groups is 4. The molecule has 1 fully saturated rings. The molecule has 248 valence electrons. The number of hydrogen-bond donors (Lipinski definition) is 2. The fourth-order valence-corrected chi connectivity index (χ4v) is 5.39. The molecule has 0 aromatic heterocycles. The number of esters is 2. The van der Waals surface area contributed by atoms with Gasteiger partial charge in [0.15, 0.2) is 6.10 Å². The summed E-state index contributed by atoms with van der Waals surface area (Å²) in [6, 6.07) is 16.1. The van der Waals surface area contributed by atoms with Crippen LogP contribution in [0.4, 0.5) is 0 Å². The molecule has 0 spiro atoms. The van der Waals surface area contributed by atoms with Gasteiger partial charge in [-0.25, -0.2) is 4.79 Å². The van der Waals surface area contributed by atoms with E-state index in [4.69, 9.17) is 18.9 Å². The summed E-state index contributed by atoms with van der Waals surface area (Å²) in [5.74, 6) is -1.75. The van der Waals surface area contributed by atoms with E-state index in [1.54, 1.807) is 39.2 Å². The minimum atomic E-state index is -1.17. The molecule has 0 aliphatic carbocycles. The molecular formula is C36H46N2O8. The monoisotopic (exact) mass is 634 g/mol. The lowest BCUT2D eigenvalue weighted by Gasteiger charge is -2.29. The highest BCUT2D eigenvalue weighted by molar-refractivity contribution is 5.93. The number of benzene rings is 2. The van der Waals surface area contributed by atoms with E-state index in [0.717, 1.165) is 11.1 Å². The predicted octanol–water partition coefficient (Wildman–Crippen LogP) is 4.47. The van der Waals surface area contributed by atoms with Crippen LogP contribution in [0.5, 0.6) is 5.75 Å². The molecule has 0 radical (unpaired) electrons. The first-order valence-electron chi connectivity index (χ1n) is 15.9. The zero-order chi connectivity index (χ0) is 33.4. The molecule has 1 unspecified atom stereocenters. The van der Waals surface area contributed by atoms with E-state index >= 15 is 0 Å². The van der Waals surface area contributed by atoms with Crippen molar-refractivity contribution in [1.82, 2.24) is 10.6 Å². The van der Waals surface area contributed by atoms with E-state index in [9.17, 15) is 19.2 Å². The zero-order valence-electron chi connectivity index (χ0n) is 27.5. The van der Waals surface area contributed by atoms with Gasteiger partial charge in [0.1, 0.15) is 24.0 Å². The van der Waals surface area contributed by atoms with Crippen molar-refractivity contribution in [1.29, 1.82) is 0 Å². The number of carbonyl (C=O) groups excluding carboxylic acids is 4. The first kappa shape index (κ1) is 34.7. The molecule has 2 N–H and O–H groups in total. The molecule has 2 amide bonds. The van der Waals surface area contributed by atoms with Crippen LogP contribution in [-0.4, -0.2) is 61.8 Å². The molecule has 2 aromatic rings. The van der Waals surface area contributed by atoms with Crippen LogP contribution in [0.3, 0.4) is 0 Å². The van der Waals surface area contributed by atoms with Crippen molar-refractivity contribution in [3.8, 4) is 5.75 Å². The number of nitrogens with one attached hydrogen (secondary N) is 2. The highest BCUT2D eigenvalue weighted by Gasteiger charge is 2.48. The molecule has 4 rings (SSSR count). The summed E-state index contributed by atoms with van der Waals surface area (Å²) in [5.41, 5.74) is 0.672. The van der Waals surface area contributed by atoms with Crippen molar-refractivity contribution in [3.05, 3.63) is 77.9 Å². The Hall–Kier alpha value is -4.18. The Morgan fingerprint density at radius 1 is 0.957 bits per heavy atom. The smallest absolute Gasteiger partial charge is 0.347 e. The maximum atomic E-state index is 13.6. The van der Waals surface area contributed by atoms with Gasteiger partial charge >= 0.3 is 11.9 Å². The van der Waals surface area contributed by atoms with Gasteiger partial charge in [-0.05, 0) is 55.5 Å². The molecule has 10 heteroatoms. The van der Waals surface area contributed by atoms with Gasteiger partial charge in [-0.3, -0.25) is 14.4 Å². The van der Waals surface area contributed by atoms with Crippen molar-refractivity contribution in [2.75, 3.05) is 13.7 Å². The second-order valence-corrected chi connectivity index (χ2v) is 13.1. The van der Waals surface area contributed by atoms with Gasteiger partial charge in [0.25, 0.3) is 0 Å². The number of cyclic esters (lactones) is 2. The normalized spacial score (nSPS) is 27.1. The Labute approximate surface area is 271 Å². The Kier molecular flexibility index (Phi) is 11.6. The molecule has 1 saturated heterocycles. The summed E-state index contributed by atoms with van der Waals surface area (Å²) in [5, 5.41) is 5.58. The third-order valence-corrected chi connectivity index (χ3v) is 8.35. The lowest BCUT2D eigenvalue weighted by molar-refractivity contribution is -0.179. The van der Waals surface area contributed by atoms with E-state index < -0.39 is 47.4 Å². The van der Waals surface area contributed by atoms with Crippen LogP contribution in [0.15, 0.2) is 66.7 Å². The van der Waals surface area contributed by atoms with Gasteiger partial charge in [0, 0.05) is 25.3 Å². The van der Waals surface area contributed by atoms with Crippen molar-refractivity contribution >= 4 is 23.8 Å². The van der Waals surface area contributed by atoms with Crippen LogP contribution in [0.2, 0.25) is 0 Å². The Balaban J connectivity index is 1.60. The lowest BCUT2D eigenvalue weighted by atomic mass is 9.92. The van der Waals surface area contributed by atoms with Gasteiger partial charge in [-0.15, -0.1) is 0 Å². The summed E-state index contributed by atoms with van der Waals surface area (Å²) < 4.78 is 23.1. The molecule has 2 aliphatic heterocycles. The molecule has 2 aliphatic rings. The average Bonchev–Trinajstić information content (AvgIpc) is 3.83. The molecule has 6 atom stereocenters. The second kappa shape index (κ2) is 15.4. The maximum absolute atomic E-state index is 13.6. The molecule has 46 heavy (non-hydrogen) atoms. The standard InChI is InChI=1S/C36H46N2O8/c1-22(2)19-29-34(41)44-28(23(3)31-32(46-31)25-11-8-7-9-12-25)13-10-14-30(39)38-27(20-24-15-17-26(43-6)18-16-24)33(40)37-21-36(4,5)35(42)45-29/h7-12,14-18,22-23,27-29,31-32H,13,19-21H2,1-6H3,(H,37,40)(H,38,39)/b14-10+/t23-,27?,28-,29-,31+,32+/m0/s1. The average molecular weight is 635 g/mol. The topological polar surface area (TPSA) is 133 Å². The summed E-state index contributed by atoms with van der Waals surface area (Å²) in [7, 11) is 1.57. The number of ether oxygens (including phenoxy) is 4. The Morgan fingerprint density at radius 3 is 2.30 bits per heavy atom. The van der Waals surface area contributed by atoms with E-state index in [1.807, 2.05) is 63.2 Å². The molecule has 0 bridgehead atoms. The summed E-state index contributed by atoms with van der Waals surface area (Å²) >= 11 is 0. The minimum Gasteiger partial charge on any atom is -0.497 e. The molecule has 10 nitrogen and oxygen atoms in total.